The molecule has 0 fully saturated rings. The number of amides is 1. The highest BCUT2D eigenvalue weighted by atomic mass is 16.1. The minimum Gasteiger partial charge on any atom is -0.321 e. The molecule has 3 aromatic carbocycles. The molecular formula is C21H14N4O. The highest BCUT2D eigenvalue weighted by Crippen LogP contribution is 2.27. The van der Waals surface area contributed by atoms with Crippen LogP contribution in [0.3, 0.4) is 0 Å². The lowest BCUT2D eigenvalue weighted by Crippen LogP contribution is -2.12. The summed E-state index contributed by atoms with van der Waals surface area (Å²) in [5.41, 5.74) is 3.22. The first-order chi connectivity index (χ1) is 12.7. The summed E-state index contributed by atoms with van der Waals surface area (Å²) in [5, 5.41) is 20.9. The fourth-order valence-electron chi connectivity index (χ4n) is 2.85. The number of H-pyrrole nitrogens is 1. The molecule has 0 atom stereocenters. The van der Waals surface area contributed by atoms with Crippen molar-refractivity contribution in [3.8, 4) is 17.3 Å². The predicted molar refractivity (Wildman–Crippen MR) is 101 cm³/mol. The van der Waals surface area contributed by atoms with Gasteiger partial charge < -0.3 is 5.32 Å². The molecule has 26 heavy (non-hydrogen) atoms. The van der Waals surface area contributed by atoms with Crippen molar-refractivity contribution >= 4 is 22.4 Å². The van der Waals surface area contributed by atoms with Crippen LogP contribution in [-0.4, -0.2) is 16.1 Å². The molecule has 4 rings (SSSR count). The standard InChI is InChI=1S/C21H14N4O/c22-13-14-8-10-16(11-9-14)23-21(26)20-12-19(24-25-20)18-7-3-5-15-4-1-2-6-17(15)18/h1-12H,(H,23,26)(H,24,25). The number of fused-ring (bicyclic) bond motifs is 1. The monoisotopic (exact) mass is 338 g/mol. The van der Waals surface area contributed by atoms with Crippen LogP contribution >= 0.6 is 0 Å². The zero-order chi connectivity index (χ0) is 17.9. The number of benzene rings is 3. The van der Waals surface area contributed by atoms with Crippen molar-refractivity contribution < 1.29 is 4.79 Å². The first-order valence-electron chi connectivity index (χ1n) is 8.10. The molecule has 4 aromatic rings. The number of carbonyl (C=O) groups is 1. The Morgan fingerprint density at radius 3 is 2.58 bits per heavy atom. The summed E-state index contributed by atoms with van der Waals surface area (Å²) in [7, 11) is 0. The van der Waals surface area contributed by atoms with E-state index in [1.165, 1.54) is 0 Å². The molecule has 0 aliphatic rings. The molecular weight excluding hydrogens is 324 g/mol. The van der Waals surface area contributed by atoms with E-state index in [9.17, 15) is 4.79 Å². The fraction of sp³-hybridized carbons (Fsp3) is 0. The lowest BCUT2D eigenvalue weighted by atomic mass is 10.0. The van der Waals surface area contributed by atoms with Crippen molar-refractivity contribution in [1.82, 2.24) is 10.2 Å². The minimum atomic E-state index is -0.284. The van der Waals surface area contributed by atoms with Crippen molar-refractivity contribution in [2.24, 2.45) is 0 Å². The van der Waals surface area contributed by atoms with Gasteiger partial charge in [-0.05, 0) is 41.1 Å². The molecule has 0 saturated carbocycles. The Kier molecular flexibility index (Phi) is 3.92. The Morgan fingerprint density at radius 2 is 1.77 bits per heavy atom. The molecule has 0 aliphatic carbocycles. The lowest BCUT2D eigenvalue weighted by Gasteiger charge is -2.03. The van der Waals surface area contributed by atoms with Gasteiger partial charge >= 0.3 is 0 Å². The van der Waals surface area contributed by atoms with Crippen LogP contribution in [0.25, 0.3) is 22.0 Å². The zero-order valence-electron chi connectivity index (χ0n) is 13.7. The SMILES string of the molecule is N#Cc1ccc(NC(=O)c2cc(-c3cccc4ccccc34)n[nH]2)cc1. The maximum absolute atomic E-state index is 12.4. The number of hydrogen-bond acceptors (Lipinski definition) is 3. The van der Waals surface area contributed by atoms with Crippen molar-refractivity contribution in [3.05, 3.63) is 84.1 Å². The Morgan fingerprint density at radius 1 is 1.00 bits per heavy atom. The first-order valence-corrected chi connectivity index (χ1v) is 8.10. The zero-order valence-corrected chi connectivity index (χ0v) is 13.7. The van der Waals surface area contributed by atoms with Crippen molar-refractivity contribution in [1.29, 1.82) is 5.26 Å². The summed E-state index contributed by atoms with van der Waals surface area (Å²) in [6, 6.07) is 24.5. The second-order valence-electron chi connectivity index (χ2n) is 5.84. The van der Waals surface area contributed by atoms with Gasteiger partial charge in [-0.15, -0.1) is 0 Å². The third-order valence-corrected chi connectivity index (χ3v) is 4.16. The number of nitrogens with zero attached hydrogens (tertiary/aromatic N) is 2. The second-order valence-corrected chi connectivity index (χ2v) is 5.84. The van der Waals surface area contributed by atoms with Gasteiger partial charge in [-0.1, -0.05) is 42.5 Å². The van der Waals surface area contributed by atoms with Crippen LogP contribution in [0, 0.1) is 11.3 Å². The van der Waals surface area contributed by atoms with Crippen LogP contribution in [0.5, 0.6) is 0 Å². The average molecular weight is 338 g/mol. The summed E-state index contributed by atoms with van der Waals surface area (Å²) in [5.74, 6) is -0.284. The van der Waals surface area contributed by atoms with Crippen LogP contribution in [0.15, 0.2) is 72.8 Å². The molecule has 0 spiro atoms. The molecule has 0 radical (unpaired) electrons. The van der Waals surface area contributed by atoms with E-state index in [0.29, 0.717) is 22.6 Å². The number of aromatic nitrogens is 2. The number of hydrogen-bond donors (Lipinski definition) is 2. The van der Waals surface area contributed by atoms with E-state index in [-0.39, 0.29) is 5.91 Å². The lowest BCUT2D eigenvalue weighted by molar-refractivity contribution is 0.102. The number of rotatable bonds is 3. The van der Waals surface area contributed by atoms with Gasteiger partial charge in [0.1, 0.15) is 5.69 Å². The van der Waals surface area contributed by atoms with E-state index >= 15 is 0 Å². The van der Waals surface area contributed by atoms with Crippen LogP contribution in [0.2, 0.25) is 0 Å². The summed E-state index contributed by atoms with van der Waals surface area (Å²) in [6.07, 6.45) is 0. The molecule has 5 nitrogen and oxygen atoms in total. The summed E-state index contributed by atoms with van der Waals surface area (Å²) >= 11 is 0. The molecule has 1 heterocycles. The smallest absolute Gasteiger partial charge is 0.273 e. The number of nitriles is 1. The van der Waals surface area contributed by atoms with Crippen molar-refractivity contribution in [2.45, 2.75) is 0 Å². The summed E-state index contributed by atoms with van der Waals surface area (Å²) in [4.78, 5) is 12.4. The van der Waals surface area contributed by atoms with Gasteiger partial charge in [0.2, 0.25) is 0 Å². The topological polar surface area (TPSA) is 81.6 Å². The van der Waals surface area contributed by atoms with Crippen molar-refractivity contribution in [3.63, 3.8) is 0 Å². The van der Waals surface area contributed by atoms with Crippen LogP contribution in [0.4, 0.5) is 5.69 Å². The second kappa shape index (κ2) is 6.54. The van der Waals surface area contributed by atoms with Crippen LogP contribution in [0.1, 0.15) is 16.1 Å². The Bertz CT molecular complexity index is 1130. The first kappa shape index (κ1) is 15.6. The molecule has 0 aliphatic heterocycles. The van der Waals surface area contributed by atoms with Crippen molar-refractivity contribution in [2.75, 3.05) is 5.32 Å². The molecule has 1 amide bonds. The van der Waals surface area contributed by atoms with Gasteiger partial charge in [0, 0.05) is 11.3 Å². The molecule has 0 saturated heterocycles. The summed E-state index contributed by atoms with van der Waals surface area (Å²) < 4.78 is 0. The fourth-order valence-corrected chi connectivity index (χ4v) is 2.85. The van der Waals surface area contributed by atoms with E-state index < -0.39 is 0 Å². The minimum absolute atomic E-state index is 0.284. The molecule has 124 valence electrons. The Hall–Kier alpha value is -3.91. The van der Waals surface area contributed by atoms with E-state index in [0.717, 1.165) is 16.3 Å². The maximum Gasteiger partial charge on any atom is 0.273 e. The largest absolute Gasteiger partial charge is 0.321 e. The number of nitrogens with one attached hydrogen (secondary N) is 2. The van der Waals surface area contributed by atoms with E-state index in [2.05, 4.69) is 15.5 Å². The average Bonchev–Trinajstić information content (AvgIpc) is 3.18. The third kappa shape index (κ3) is 2.92. The Balaban J connectivity index is 1.61. The maximum atomic E-state index is 12.4. The van der Waals surface area contributed by atoms with Gasteiger partial charge in [0.15, 0.2) is 0 Å². The van der Waals surface area contributed by atoms with Gasteiger partial charge in [-0.2, -0.15) is 10.4 Å². The number of aromatic amines is 1. The molecule has 5 heteroatoms. The predicted octanol–water partition coefficient (Wildman–Crippen LogP) is 4.35. The molecule has 0 unspecified atom stereocenters. The van der Waals surface area contributed by atoms with E-state index in [4.69, 9.17) is 5.26 Å². The van der Waals surface area contributed by atoms with E-state index in [1.807, 2.05) is 48.5 Å². The third-order valence-electron chi connectivity index (χ3n) is 4.16. The highest BCUT2D eigenvalue weighted by Gasteiger charge is 2.13. The molecule has 1 aromatic heterocycles. The van der Waals surface area contributed by atoms with Gasteiger partial charge in [-0.25, -0.2) is 0 Å². The summed E-state index contributed by atoms with van der Waals surface area (Å²) in [6.45, 7) is 0. The van der Waals surface area contributed by atoms with Gasteiger partial charge in [0.05, 0.1) is 17.3 Å². The number of carbonyl (C=O) groups excluding carboxylic acids is 1. The Labute approximate surface area is 149 Å². The normalized spacial score (nSPS) is 10.4. The quantitative estimate of drug-likeness (QED) is 0.582. The highest BCUT2D eigenvalue weighted by molar-refractivity contribution is 6.04. The van der Waals surface area contributed by atoms with E-state index in [1.54, 1.807) is 30.3 Å². The molecule has 2 N–H and O–H groups in total. The molecule has 0 bridgehead atoms. The van der Waals surface area contributed by atoms with Crippen LogP contribution < -0.4 is 5.32 Å². The number of anilines is 1. The van der Waals surface area contributed by atoms with Crippen LogP contribution in [-0.2, 0) is 0 Å². The van der Waals surface area contributed by atoms with Gasteiger partial charge in [-0.3, -0.25) is 9.89 Å². The van der Waals surface area contributed by atoms with Gasteiger partial charge in [0.25, 0.3) is 5.91 Å².